The molecule has 0 radical (unpaired) electrons. The van der Waals surface area contributed by atoms with Gasteiger partial charge < -0.3 is 5.21 Å². The Morgan fingerprint density at radius 2 is 1.75 bits per heavy atom. The monoisotopic (exact) mass is 116 g/mol. The minimum absolute atomic E-state index is 0.983. The molecule has 3 nitrogen and oxygen atoms in total. The Labute approximate surface area is 49.2 Å². The number of nitrogens with one attached hydrogen (secondary N) is 1. The maximum absolute atomic E-state index is 8.37. The van der Waals surface area contributed by atoms with Crippen molar-refractivity contribution in [3.63, 3.8) is 0 Å². The smallest absolute Gasteiger partial charge is 0.0152 e. The molecule has 1 heterocycles. The Morgan fingerprint density at radius 1 is 1.12 bits per heavy atom. The summed E-state index contributed by atoms with van der Waals surface area (Å²) in [7, 11) is 0. The molecule has 0 amide bonds. The van der Waals surface area contributed by atoms with Crippen LogP contribution < -0.4 is 5.59 Å². The molecule has 0 spiro atoms. The average Bonchev–Trinajstić information content (AvgIpc) is 1.90. The van der Waals surface area contributed by atoms with E-state index in [1.54, 1.807) is 0 Å². The van der Waals surface area contributed by atoms with Crippen LogP contribution in [0.15, 0.2) is 0 Å². The number of hydrogen-bond donors (Lipinski definition) is 2. The second-order valence-corrected chi connectivity index (χ2v) is 2.15. The van der Waals surface area contributed by atoms with Crippen molar-refractivity contribution >= 4 is 0 Å². The van der Waals surface area contributed by atoms with Crippen molar-refractivity contribution in [2.24, 2.45) is 0 Å². The molecule has 8 heavy (non-hydrogen) atoms. The van der Waals surface area contributed by atoms with Crippen LogP contribution >= 0.6 is 0 Å². The van der Waals surface area contributed by atoms with Crippen LogP contribution in [0.1, 0.15) is 19.3 Å². The molecule has 3 heteroatoms. The van der Waals surface area contributed by atoms with Crippen molar-refractivity contribution in [2.75, 3.05) is 13.1 Å². The zero-order valence-electron chi connectivity index (χ0n) is 4.93. The summed E-state index contributed by atoms with van der Waals surface area (Å²) in [6, 6.07) is 0. The standard InChI is InChI=1S/C5H12N2O/c8-6-7-4-2-1-3-5-7/h6,8H,1-5H2. The molecular weight excluding hydrogens is 104 g/mol. The Kier molecular flexibility index (Phi) is 2.27. The van der Waals surface area contributed by atoms with Gasteiger partial charge in [0, 0.05) is 13.1 Å². The minimum atomic E-state index is 0.983. The third-order valence-corrected chi connectivity index (χ3v) is 1.50. The van der Waals surface area contributed by atoms with Crippen molar-refractivity contribution in [3.8, 4) is 0 Å². The Morgan fingerprint density at radius 3 is 2.12 bits per heavy atom. The molecule has 1 fully saturated rings. The van der Waals surface area contributed by atoms with Gasteiger partial charge in [-0.25, -0.2) is 5.01 Å². The van der Waals surface area contributed by atoms with Crippen LogP contribution in [0.5, 0.6) is 0 Å². The molecule has 1 aliphatic heterocycles. The zero-order chi connectivity index (χ0) is 5.82. The van der Waals surface area contributed by atoms with E-state index in [2.05, 4.69) is 5.59 Å². The highest BCUT2D eigenvalue weighted by atomic mass is 16.5. The average molecular weight is 116 g/mol. The third-order valence-electron chi connectivity index (χ3n) is 1.50. The summed E-state index contributed by atoms with van der Waals surface area (Å²) in [4.78, 5) is 0. The van der Waals surface area contributed by atoms with Gasteiger partial charge in [-0.15, -0.1) is 5.59 Å². The molecule has 1 rings (SSSR count). The molecule has 0 aromatic heterocycles. The number of rotatable bonds is 1. The summed E-state index contributed by atoms with van der Waals surface area (Å²) < 4.78 is 0. The molecule has 0 aromatic rings. The Bertz CT molecular complexity index is 61.4. The predicted molar refractivity (Wildman–Crippen MR) is 30.3 cm³/mol. The normalized spacial score (nSPS) is 23.6. The first-order chi connectivity index (χ1) is 3.93. The summed E-state index contributed by atoms with van der Waals surface area (Å²) in [5, 5.41) is 10.2. The maximum atomic E-state index is 8.37. The van der Waals surface area contributed by atoms with E-state index in [0.717, 1.165) is 13.1 Å². The molecule has 0 bridgehead atoms. The summed E-state index contributed by atoms with van der Waals surface area (Å²) in [6.45, 7) is 1.97. The van der Waals surface area contributed by atoms with Gasteiger partial charge in [-0.2, -0.15) is 0 Å². The van der Waals surface area contributed by atoms with Crippen LogP contribution in [-0.2, 0) is 0 Å². The molecular formula is C5H12N2O. The van der Waals surface area contributed by atoms with Gasteiger partial charge in [0.1, 0.15) is 0 Å². The molecule has 0 unspecified atom stereocenters. The van der Waals surface area contributed by atoms with Gasteiger partial charge in [0.25, 0.3) is 0 Å². The zero-order valence-corrected chi connectivity index (χ0v) is 4.93. The molecule has 48 valence electrons. The van der Waals surface area contributed by atoms with Crippen molar-refractivity contribution in [2.45, 2.75) is 19.3 Å². The quantitative estimate of drug-likeness (QED) is 0.486. The number of hydrazine groups is 1. The maximum Gasteiger partial charge on any atom is 0.0152 e. The Hall–Kier alpha value is -0.120. The van der Waals surface area contributed by atoms with E-state index in [-0.39, 0.29) is 0 Å². The van der Waals surface area contributed by atoms with E-state index >= 15 is 0 Å². The van der Waals surface area contributed by atoms with E-state index in [1.807, 2.05) is 5.01 Å². The van der Waals surface area contributed by atoms with Gasteiger partial charge in [-0.05, 0) is 12.8 Å². The van der Waals surface area contributed by atoms with Crippen LogP contribution in [-0.4, -0.2) is 23.3 Å². The van der Waals surface area contributed by atoms with Crippen LogP contribution in [0, 0.1) is 0 Å². The lowest BCUT2D eigenvalue weighted by atomic mass is 10.2. The Balaban J connectivity index is 2.13. The summed E-state index contributed by atoms with van der Waals surface area (Å²) in [5.41, 5.74) is 2.14. The van der Waals surface area contributed by atoms with E-state index in [1.165, 1.54) is 19.3 Å². The SMILES string of the molecule is ONN1CCCCC1. The molecule has 1 saturated heterocycles. The number of nitrogens with zero attached hydrogens (tertiary/aromatic N) is 1. The van der Waals surface area contributed by atoms with Crippen molar-refractivity contribution in [1.29, 1.82) is 0 Å². The predicted octanol–water partition coefficient (Wildman–Crippen LogP) is 0.366. The summed E-state index contributed by atoms with van der Waals surface area (Å²) >= 11 is 0. The highest BCUT2D eigenvalue weighted by Crippen LogP contribution is 2.04. The molecule has 1 aliphatic rings. The number of piperidine rings is 1. The lowest BCUT2D eigenvalue weighted by molar-refractivity contribution is -0.0306. The lowest BCUT2D eigenvalue weighted by Crippen LogP contribution is -2.39. The van der Waals surface area contributed by atoms with Gasteiger partial charge >= 0.3 is 0 Å². The highest BCUT2D eigenvalue weighted by Gasteiger charge is 2.06. The molecule has 0 aromatic carbocycles. The highest BCUT2D eigenvalue weighted by molar-refractivity contribution is 4.57. The van der Waals surface area contributed by atoms with E-state index < -0.39 is 0 Å². The first-order valence-electron chi connectivity index (χ1n) is 3.08. The van der Waals surface area contributed by atoms with Crippen LogP contribution in [0.25, 0.3) is 0 Å². The second-order valence-electron chi connectivity index (χ2n) is 2.15. The fourth-order valence-electron chi connectivity index (χ4n) is 0.994. The molecule has 0 aliphatic carbocycles. The van der Waals surface area contributed by atoms with E-state index in [0.29, 0.717) is 0 Å². The largest absolute Gasteiger partial charge is 0.302 e. The molecule has 2 N–H and O–H groups in total. The molecule has 0 atom stereocenters. The minimum Gasteiger partial charge on any atom is -0.302 e. The van der Waals surface area contributed by atoms with Gasteiger partial charge in [-0.3, -0.25) is 0 Å². The van der Waals surface area contributed by atoms with Crippen molar-refractivity contribution in [1.82, 2.24) is 10.6 Å². The summed E-state index contributed by atoms with van der Waals surface area (Å²) in [6.07, 6.45) is 3.71. The fraction of sp³-hybridized carbons (Fsp3) is 1.00. The second kappa shape index (κ2) is 3.02. The first-order valence-corrected chi connectivity index (χ1v) is 3.08. The van der Waals surface area contributed by atoms with Crippen LogP contribution in [0.2, 0.25) is 0 Å². The van der Waals surface area contributed by atoms with Gasteiger partial charge in [-0.1, -0.05) is 6.42 Å². The lowest BCUT2D eigenvalue weighted by Gasteiger charge is -2.23. The summed E-state index contributed by atoms with van der Waals surface area (Å²) in [5.74, 6) is 0. The third kappa shape index (κ3) is 1.43. The first kappa shape index (κ1) is 6.01. The number of hydrogen-bond acceptors (Lipinski definition) is 3. The van der Waals surface area contributed by atoms with Gasteiger partial charge in [0.2, 0.25) is 0 Å². The van der Waals surface area contributed by atoms with Crippen LogP contribution in [0.3, 0.4) is 0 Å². The topological polar surface area (TPSA) is 35.5 Å². The van der Waals surface area contributed by atoms with E-state index in [9.17, 15) is 0 Å². The van der Waals surface area contributed by atoms with Crippen molar-refractivity contribution in [3.05, 3.63) is 0 Å². The van der Waals surface area contributed by atoms with Gasteiger partial charge in [0.05, 0.1) is 0 Å². The van der Waals surface area contributed by atoms with Crippen LogP contribution in [0.4, 0.5) is 0 Å². The fourth-order valence-corrected chi connectivity index (χ4v) is 0.994. The van der Waals surface area contributed by atoms with Gasteiger partial charge in [0.15, 0.2) is 0 Å². The van der Waals surface area contributed by atoms with Crippen molar-refractivity contribution < 1.29 is 5.21 Å². The van der Waals surface area contributed by atoms with E-state index in [4.69, 9.17) is 5.21 Å². The molecule has 0 saturated carbocycles.